The van der Waals surface area contributed by atoms with Crippen molar-refractivity contribution in [2.75, 3.05) is 19.6 Å². The Kier molecular flexibility index (Phi) is 8.89. The topological polar surface area (TPSA) is 86.7 Å². The van der Waals surface area contributed by atoms with Gasteiger partial charge in [-0.15, -0.1) is 0 Å². The molecule has 39 heavy (non-hydrogen) atoms. The summed E-state index contributed by atoms with van der Waals surface area (Å²) in [6.07, 6.45) is -0.893. The molecule has 1 saturated heterocycles. The fourth-order valence-corrected chi connectivity index (χ4v) is 5.12. The van der Waals surface area contributed by atoms with Gasteiger partial charge in [0, 0.05) is 37.2 Å². The molecule has 0 radical (unpaired) electrons. The standard InChI is InChI=1S/C30H31F3N2O4/c31-30(32,33)26-9-5-6-23-24(26)7-4-8-25(23)29(39)35-18-15-21(16-19-35)20-11-13-22(14-12-20)28(38)34-17-3-1-2-10-27(36)37/h4-9,11-14,21H,1-3,10,15-19H2,(H,34,38)(H,36,37). The highest BCUT2D eigenvalue weighted by Crippen LogP contribution is 2.36. The molecule has 9 heteroatoms. The zero-order chi connectivity index (χ0) is 28.0. The monoisotopic (exact) mass is 540 g/mol. The minimum atomic E-state index is -4.50. The third kappa shape index (κ3) is 6.96. The Bertz CT molecular complexity index is 1330. The molecule has 4 rings (SSSR count). The van der Waals surface area contributed by atoms with Gasteiger partial charge in [0.05, 0.1) is 5.56 Å². The summed E-state index contributed by atoms with van der Waals surface area (Å²) in [5.41, 5.74) is 1.15. The molecular formula is C30H31F3N2O4. The zero-order valence-electron chi connectivity index (χ0n) is 21.5. The SMILES string of the molecule is O=C(O)CCCCCNC(=O)c1ccc(C2CCN(C(=O)c3cccc4c(C(F)(F)F)cccc34)CC2)cc1. The molecule has 0 aliphatic carbocycles. The summed E-state index contributed by atoms with van der Waals surface area (Å²) in [4.78, 5) is 37.9. The predicted molar refractivity (Wildman–Crippen MR) is 142 cm³/mol. The molecule has 1 aliphatic rings. The quantitative estimate of drug-likeness (QED) is 0.314. The van der Waals surface area contributed by atoms with E-state index in [4.69, 9.17) is 5.11 Å². The number of aliphatic carboxylic acids is 1. The Labute approximate surface area is 224 Å². The number of unbranched alkanes of at least 4 members (excludes halogenated alkanes) is 2. The van der Waals surface area contributed by atoms with Crippen LogP contribution in [0.15, 0.2) is 60.7 Å². The Hall–Kier alpha value is -3.88. The molecule has 0 unspecified atom stereocenters. The normalized spacial score (nSPS) is 14.4. The van der Waals surface area contributed by atoms with E-state index in [1.165, 1.54) is 18.2 Å². The highest BCUT2D eigenvalue weighted by atomic mass is 19.4. The van der Waals surface area contributed by atoms with E-state index in [9.17, 15) is 27.6 Å². The second-order valence-electron chi connectivity index (χ2n) is 9.85. The number of carbonyl (C=O) groups is 3. The summed E-state index contributed by atoms with van der Waals surface area (Å²) in [6, 6.07) is 15.8. The third-order valence-corrected chi connectivity index (χ3v) is 7.24. The number of halogens is 3. The van der Waals surface area contributed by atoms with Crippen molar-refractivity contribution >= 4 is 28.6 Å². The van der Waals surface area contributed by atoms with E-state index in [1.807, 2.05) is 12.1 Å². The highest BCUT2D eigenvalue weighted by molar-refractivity contribution is 6.07. The highest BCUT2D eigenvalue weighted by Gasteiger charge is 2.33. The molecule has 0 saturated carbocycles. The van der Waals surface area contributed by atoms with Crippen molar-refractivity contribution in [2.45, 2.75) is 50.6 Å². The maximum absolute atomic E-state index is 13.5. The molecule has 206 valence electrons. The van der Waals surface area contributed by atoms with Crippen molar-refractivity contribution in [2.24, 2.45) is 0 Å². The number of hydrogen-bond acceptors (Lipinski definition) is 3. The van der Waals surface area contributed by atoms with E-state index in [0.29, 0.717) is 49.8 Å². The summed E-state index contributed by atoms with van der Waals surface area (Å²) >= 11 is 0. The lowest BCUT2D eigenvalue weighted by atomic mass is 9.88. The largest absolute Gasteiger partial charge is 0.481 e. The van der Waals surface area contributed by atoms with E-state index >= 15 is 0 Å². The van der Waals surface area contributed by atoms with Crippen LogP contribution in [-0.2, 0) is 11.0 Å². The molecule has 0 bridgehead atoms. The van der Waals surface area contributed by atoms with Gasteiger partial charge in [-0.3, -0.25) is 14.4 Å². The van der Waals surface area contributed by atoms with Crippen molar-refractivity contribution in [1.82, 2.24) is 10.2 Å². The minimum absolute atomic E-state index is 0.0213. The van der Waals surface area contributed by atoms with Crippen LogP contribution in [0.5, 0.6) is 0 Å². The van der Waals surface area contributed by atoms with Crippen LogP contribution in [0, 0.1) is 0 Å². The first-order chi connectivity index (χ1) is 18.6. The van der Waals surface area contributed by atoms with Crippen LogP contribution in [-0.4, -0.2) is 47.4 Å². The van der Waals surface area contributed by atoms with Gasteiger partial charge in [0.15, 0.2) is 0 Å². The molecule has 0 spiro atoms. The molecule has 2 amide bonds. The fraction of sp³-hybridized carbons (Fsp3) is 0.367. The fourth-order valence-electron chi connectivity index (χ4n) is 5.12. The number of carboxylic acids is 1. The first-order valence-electron chi connectivity index (χ1n) is 13.1. The van der Waals surface area contributed by atoms with Crippen LogP contribution in [0.3, 0.4) is 0 Å². The smallest absolute Gasteiger partial charge is 0.417 e. The lowest BCUT2D eigenvalue weighted by Crippen LogP contribution is -2.38. The van der Waals surface area contributed by atoms with Gasteiger partial charge in [-0.2, -0.15) is 13.2 Å². The Morgan fingerprint density at radius 3 is 2.21 bits per heavy atom. The Morgan fingerprint density at radius 2 is 1.54 bits per heavy atom. The summed E-state index contributed by atoms with van der Waals surface area (Å²) in [5.74, 6) is -1.05. The molecular weight excluding hydrogens is 509 g/mol. The lowest BCUT2D eigenvalue weighted by molar-refractivity contribution is -0.137. The number of nitrogens with zero attached hydrogens (tertiary/aromatic N) is 1. The maximum atomic E-state index is 13.5. The van der Waals surface area contributed by atoms with E-state index in [2.05, 4.69) is 5.32 Å². The number of amides is 2. The van der Waals surface area contributed by atoms with Crippen LogP contribution in [0.2, 0.25) is 0 Å². The van der Waals surface area contributed by atoms with E-state index in [0.717, 1.165) is 24.5 Å². The van der Waals surface area contributed by atoms with Crippen molar-refractivity contribution < 1.29 is 32.7 Å². The van der Waals surface area contributed by atoms with Crippen LogP contribution in [0.4, 0.5) is 13.2 Å². The van der Waals surface area contributed by atoms with E-state index in [1.54, 1.807) is 29.2 Å². The van der Waals surface area contributed by atoms with Crippen molar-refractivity contribution in [3.8, 4) is 0 Å². The van der Waals surface area contributed by atoms with Crippen LogP contribution in [0.1, 0.15) is 76.3 Å². The average Bonchev–Trinajstić information content (AvgIpc) is 2.93. The lowest BCUT2D eigenvalue weighted by Gasteiger charge is -2.32. The molecule has 1 heterocycles. The molecule has 3 aromatic carbocycles. The van der Waals surface area contributed by atoms with Gasteiger partial charge in [0.1, 0.15) is 0 Å². The predicted octanol–water partition coefficient (Wildman–Crippen LogP) is 6.25. The van der Waals surface area contributed by atoms with Gasteiger partial charge in [-0.05, 0) is 72.2 Å². The van der Waals surface area contributed by atoms with Crippen molar-refractivity contribution in [1.29, 1.82) is 0 Å². The maximum Gasteiger partial charge on any atom is 0.417 e. The molecule has 1 fully saturated rings. The average molecular weight is 541 g/mol. The van der Waals surface area contributed by atoms with Gasteiger partial charge < -0.3 is 15.3 Å². The van der Waals surface area contributed by atoms with E-state index < -0.39 is 17.7 Å². The number of benzene rings is 3. The second kappa shape index (κ2) is 12.3. The number of hydrogen-bond donors (Lipinski definition) is 2. The number of carbonyl (C=O) groups excluding carboxylic acids is 2. The molecule has 3 aromatic rings. The first-order valence-corrected chi connectivity index (χ1v) is 13.1. The van der Waals surface area contributed by atoms with Crippen molar-refractivity contribution in [3.63, 3.8) is 0 Å². The summed E-state index contributed by atoms with van der Waals surface area (Å²) < 4.78 is 40.4. The third-order valence-electron chi connectivity index (χ3n) is 7.24. The number of alkyl halides is 3. The number of carboxylic acid groups (broad SMARTS) is 1. The number of fused-ring (bicyclic) bond motifs is 1. The van der Waals surface area contributed by atoms with Gasteiger partial charge in [-0.25, -0.2) is 0 Å². The second-order valence-corrected chi connectivity index (χ2v) is 9.85. The molecule has 2 N–H and O–H groups in total. The first kappa shape index (κ1) is 28.1. The van der Waals surface area contributed by atoms with Gasteiger partial charge in [-0.1, -0.05) is 42.8 Å². The van der Waals surface area contributed by atoms with Gasteiger partial charge in [0.2, 0.25) is 0 Å². The number of rotatable bonds is 9. The summed E-state index contributed by atoms with van der Waals surface area (Å²) in [5, 5.41) is 11.8. The van der Waals surface area contributed by atoms with Crippen LogP contribution >= 0.6 is 0 Å². The zero-order valence-corrected chi connectivity index (χ0v) is 21.5. The van der Waals surface area contributed by atoms with Crippen LogP contribution < -0.4 is 5.32 Å². The summed E-state index contributed by atoms with van der Waals surface area (Å²) in [7, 11) is 0. The number of piperidine rings is 1. The van der Waals surface area contributed by atoms with Crippen molar-refractivity contribution in [3.05, 3.63) is 82.9 Å². The molecule has 1 aliphatic heterocycles. The molecule has 6 nitrogen and oxygen atoms in total. The number of nitrogens with one attached hydrogen (secondary N) is 1. The molecule has 0 atom stereocenters. The van der Waals surface area contributed by atoms with Gasteiger partial charge >= 0.3 is 12.1 Å². The summed E-state index contributed by atoms with van der Waals surface area (Å²) in [6.45, 7) is 1.47. The number of likely N-dealkylation sites (tertiary alicyclic amines) is 1. The van der Waals surface area contributed by atoms with Gasteiger partial charge in [0.25, 0.3) is 11.8 Å². The Morgan fingerprint density at radius 1 is 0.872 bits per heavy atom. The van der Waals surface area contributed by atoms with E-state index in [-0.39, 0.29) is 35.1 Å². The Balaban J connectivity index is 1.32. The van der Waals surface area contributed by atoms with Crippen LogP contribution in [0.25, 0.3) is 10.8 Å². The minimum Gasteiger partial charge on any atom is -0.481 e. The molecule has 0 aromatic heterocycles.